The Labute approximate surface area is 60.0 Å². The molecule has 1 heterocycles. The van der Waals surface area contributed by atoms with Crippen molar-refractivity contribution >= 4 is 11.8 Å². The van der Waals surface area contributed by atoms with Crippen LogP contribution in [-0.4, -0.2) is 17.4 Å². The van der Waals surface area contributed by atoms with Crippen LogP contribution in [-0.2, 0) is 0 Å². The minimum absolute atomic E-state index is 0.120. The standard InChI is InChI=1S/C5H6F4S/c6-4-1-3(2-10-4)5(7,8)9/h3-4H,1-2H2. The molecular formula is C5H6F4S. The van der Waals surface area contributed by atoms with Crippen molar-refractivity contribution < 1.29 is 17.6 Å². The van der Waals surface area contributed by atoms with Crippen LogP contribution in [0.5, 0.6) is 0 Å². The molecule has 0 amide bonds. The summed E-state index contributed by atoms with van der Waals surface area (Å²) in [5.74, 6) is -1.54. The summed E-state index contributed by atoms with van der Waals surface area (Å²) in [6, 6.07) is 0. The maximum absolute atomic E-state index is 12.2. The van der Waals surface area contributed by atoms with Gasteiger partial charge in [-0.2, -0.15) is 13.2 Å². The van der Waals surface area contributed by atoms with E-state index in [0.29, 0.717) is 0 Å². The van der Waals surface area contributed by atoms with Gasteiger partial charge in [0.1, 0.15) is 5.50 Å². The Morgan fingerprint density at radius 1 is 1.30 bits per heavy atom. The van der Waals surface area contributed by atoms with Crippen molar-refractivity contribution in [2.45, 2.75) is 18.1 Å². The number of thioether (sulfide) groups is 1. The van der Waals surface area contributed by atoms with Crippen LogP contribution in [0.25, 0.3) is 0 Å². The second-order valence-corrected chi connectivity index (χ2v) is 3.40. The Bertz CT molecular complexity index is 121. The molecular weight excluding hydrogens is 168 g/mol. The summed E-state index contributed by atoms with van der Waals surface area (Å²) in [4.78, 5) is 0. The summed E-state index contributed by atoms with van der Waals surface area (Å²) in [6.07, 6.45) is -4.57. The van der Waals surface area contributed by atoms with Crippen molar-refractivity contribution in [2.75, 3.05) is 5.75 Å². The highest BCUT2D eigenvalue weighted by Crippen LogP contribution is 2.41. The van der Waals surface area contributed by atoms with Gasteiger partial charge in [0, 0.05) is 12.2 Å². The fourth-order valence-corrected chi connectivity index (χ4v) is 1.94. The molecule has 0 N–H and O–H groups in total. The summed E-state index contributed by atoms with van der Waals surface area (Å²) in [7, 11) is 0. The molecule has 1 aliphatic rings. The number of rotatable bonds is 0. The first-order valence-corrected chi connectivity index (χ1v) is 3.87. The fourth-order valence-electron chi connectivity index (χ4n) is 0.808. The molecule has 0 aromatic carbocycles. The van der Waals surface area contributed by atoms with E-state index < -0.39 is 17.6 Å². The van der Waals surface area contributed by atoms with Crippen LogP contribution in [0.15, 0.2) is 0 Å². The Morgan fingerprint density at radius 2 is 1.90 bits per heavy atom. The first-order valence-electron chi connectivity index (χ1n) is 2.82. The van der Waals surface area contributed by atoms with Crippen molar-refractivity contribution in [3.05, 3.63) is 0 Å². The maximum atomic E-state index is 12.2. The van der Waals surface area contributed by atoms with Crippen LogP contribution in [0.3, 0.4) is 0 Å². The van der Waals surface area contributed by atoms with E-state index in [9.17, 15) is 17.6 Å². The summed E-state index contributed by atoms with van der Waals surface area (Å²) >= 11 is 0.746. The molecule has 2 unspecified atom stereocenters. The monoisotopic (exact) mass is 174 g/mol. The minimum atomic E-state index is -4.20. The number of alkyl halides is 4. The van der Waals surface area contributed by atoms with E-state index in [0.717, 1.165) is 11.8 Å². The van der Waals surface area contributed by atoms with Gasteiger partial charge in [-0.05, 0) is 0 Å². The molecule has 0 nitrogen and oxygen atoms in total. The summed E-state index contributed by atoms with van der Waals surface area (Å²) in [5, 5.41) is 0. The third-order valence-corrected chi connectivity index (χ3v) is 2.56. The van der Waals surface area contributed by atoms with Crippen LogP contribution in [0.2, 0.25) is 0 Å². The van der Waals surface area contributed by atoms with Gasteiger partial charge in [-0.1, -0.05) is 0 Å². The number of hydrogen-bond donors (Lipinski definition) is 0. The van der Waals surface area contributed by atoms with Crippen LogP contribution in [0, 0.1) is 5.92 Å². The zero-order valence-electron chi connectivity index (χ0n) is 4.99. The maximum Gasteiger partial charge on any atom is 0.392 e. The van der Waals surface area contributed by atoms with E-state index >= 15 is 0 Å². The SMILES string of the molecule is FC1CC(C(F)(F)F)CS1. The van der Waals surface area contributed by atoms with Crippen molar-refractivity contribution in [1.29, 1.82) is 0 Å². The van der Waals surface area contributed by atoms with Gasteiger partial charge in [0.25, 0.3) is 0 Å². The molecule has 0 saturated carbocycles. The Morgan fingerprint density at radius 3 is 2.10 bits per heavy atom. The van der Waals surface area contributed by atoms with Gasteiger partial charge in [-0.15, -0.1) is 11.8 Å². The molecule has 2 atom stereocenters. The molecule has 0 radical (unpaired) electrons. The third-order valence-electron chi connectivity index (χ3n) is 1.41. The van der Waals surface area contributed by atoms with Crippen LogP contribution >= 0.6 is 11.8 Å². The summed E-state index contributed by atoms with van der Waals surface area (Å²) < 4.78 is 47.4. The van der Waals surface area contributed by atoms with Gasteiger partial charge < -0.3 is 0 Å². The van der Waals surface area contributed by atoms with Crippen molar-refractivity contribution in [3.8, 4) is 0 Å². The van der Waals surface area contributed by atoms with E-state index in [1.54, 1.807) is 0 Å². The van der Waals surface area contributed by atoms with Gasteiger partial charge in [0.05, 0.1) is 5.92 Å². The molecule has 0 aliphatic carbocycles. The quantitative estimate of drug-likeness (QED) is 0.508. The third kappa shape index (κ3) is 1.78. The normalized spacial score (nSPS) is 34.8. The first-order chi connectivity index (χ1) is 4.50. The molecule has 60 valence electrons. The predicted molar refractivity (Wildman–Crippen MR) is 31.5 cm³/mol. The Kier molecular flexibility index (Phi) is 2.12. The molecule has 0 spiro atoms. The molecule has 10 heavy (non-hydrogen) atoms. The lowest BCUT2D eigenvalue weighted by Crippen LogP contribution is -2.22. The van der Waals surface area contributed by atoms with Crippen molar-refractivity contribution in [2.24, 2.45) is 5.92 Å². The van der Waals surface area contributed by atoms with E-state index in [1.807, 2.05) is 0 Å². The second-order valence-electron chi connectivity index (χ2n) is 2.22. The minimum Gasteiger partial charge on any atom is -0.236 e. The van der Waals surface area contributed by atoms with Crippen molar-refractivity contribution in [1.82, 2.24) is 0 Å². The summed E-state index contributed by atoms with van der Waals surface area (Å²) in [6.45, 7) is 0. The largest absolute Gasteiger partial charge is 0.392 e. The molecule has 0 bridgehead atoms. The second kappa shape index (κ2) is 2.60. The van der Waals surface area contributed by atoms with Crippen LogP contribution < -0.4 is 0 Å². The van der Waals surface area contributed by atoms with Gasteiger partial charge >= 0.3 is 6.18 Å². The smallest absolute Gasteiger partial charge is 0.236 e. The molecule has 1 fully saturated rings. The molecule has 5 heteroatoms. The van der Waals surface area contributed by atoms with E-state index in [2.05, 4.69) is 0 Å². The molecule has 0 aromatic rings. The molecule has 1 saturated heterocycles. The van der Waals surface area contributed by atoms with Crippen molar-refractivity contribution in [3.63, 3.8) is 0 Å². The Balaban J connectivity index is 2.45. The number of hydrogen-bond acceptors (Lipinski definition) is 1. The van der Waals surface area contributed by atoms with E-state index in [1.165, 1.54) is 0 Å². The van der Waals surface area contributed by atoms with Gasteiger partial charge in [-0.25, -0.2) is 4.39 Å². The lowest BCUT2D eigenvalue weighted by molar-refractivity contribution is -0.169. The highest BCUT2D eigenvalue weighted by atomic mass is 32.2. The van der Waals surface area contributed by atoms with E-state index in [4.69, 9.17) is 0 Å². The Hall–Kier alpha value is 0.0700. The van der Waals surface area contributed by atoms with Gasteiger partial charge in [-0.3, -0.25) is 0 Å². The topological polar surface area (TPSA) is 0 Å². The lowest BCUT2D eigenvalue weighted by Gasteiger charge is -2.11. The molecule has 1 aliphatic heterocycles. The first kappa shape index (κ1) is 8.17. The highest BCUT2D eigenvalue weighted by molar-refractivity contribution is 8.00. The van der Waals surface area contributed by atoms with Gasteiger partial charge in [0.15, 0.2) is 0 Å². The number of halogens is 4. The molecule has 1 rings (SSSR count). The van der Waals surface area contributed by atoms with Gasteiger partial charge in [0.2, 0.25) is 0 Å². The average molecular weight is 174 g/mol. The summed E-state index contributed by atoms with van der Waals surface area (Å²) in [5.41, 5.74) is -1.31. The average Bonchev–Trinajstić information content (AvgIpc) is 2.11. The zero-order chi connectivity index (χ0) is 7.78. The lowest BCUT2D eigenvalue weighted by atomic mass is 10.1. The van der Waals surface area contributed by atoms with Crippen LogP contribution in [0.4, 0.5) is 17.6 Å². The fraction of sp³-hybridized carbons (Fsp3) is 1.00. The predicted octanol–water partition coefficient (Wildman–Crippen LogP) is 2.60. The zero-order valence-corrected chi connectivity index (χ0v) is 5.81. The van der Waals surface area contributed by atoms with E-state index in [-0.39, 0.29) is 12.2 Å². The highest BCUT2D eigenvalue weighted by Gasteiger charge is 2.44. The molecule has 0 aromatic heterocycles. The van der Waals surface area contributed by atoms with Crippen LogP contribution in [0.1, 0.15) is 6.42 Å².